The summed E-state index contributed by atoms with van der Waals surface area (Å²) in [6, 6.07) is 2.53. The van der Waals surface area contributed by atoms with Gasteiger partial charge in [-0.05, 0) is 32.0 Å². The number of rotatable bonds is 5. The van der Waals surface area contributed by atoms with E-state index in [4.69, 9.17) is 0 Å². The lowest BCUT2D eigenvalue weighted by Gasteiger charge is -2.17. The molecule has 0 fully saturated rings. The van der Waals surface area contributed by atoms with Crippen molar-refractivity contribution in [3.63, 3.8) is 0 Å². The van der Waals surface area contributed by atoms with Crippen LogP contribution in [-0.2, 0) is 23.1 Å². The van der Waals surface area contributed by atoms with Crippen molar-refractivity contribution in [2.75, 3.05) is 7.05 Å². The fourth-order valence-electron chi connectivity index (χ4n) is 2.02. The minimum Gasteiger partial charge on any atom is -0.272 e. The maximum atomic E-state index is 13.2. The molecule has 0 aliphatic rings. The molecule has 2 rings (SSSR count). The van der Waals surface area contributed by atoms with E-state index < -0.39 is 21.7 Å². The van der Waals surface area contributed by atoms with E-state index in [0.29, 0.717) is 12.6 Å². The van der Waals surface area contributed by atoms with Crippen molar-refractivity contribution in [1.82, 2.24) is 14.1 Å². The third-order valence-corrected chi connectivity index (χ3v) is 5.16. The molecule has 1 aromatic heterocycles. The summed E-state index contributed by atoms with van der Waals surface area (Å²) >= 11 is 0. The minimum atomic E-state index is -3.90. The Morgan fingerprint density at radius 1 is 1.27 bits per heavy atom. The number of halogens is 2. The van der Waals surface area contributed by atoms with Crippen LogP contribution in [0.15, 0.2) is 29.3 Å². The Bertz CT molecular complexity index is 787. The maximum absolute atomic E-state index is 13.2. The lowest BCUT2D eigenvalue weighted by Crippen LogP contribution is -2.26. The molecule has 1 aromatic carbocycles. The van der Waals surface area contributed by atoms with Gasteiger partial charge in [0.2, 0.25) is 10.0 Å². The normalized spacial score (nSPS) is 12.1. The number of nitrogens with zero attached hydrogens (tertiary/aromatic N) is 3. The van der Waals surface area contributed by atoms with Crippen molar-refractivity contribution in [2.24, 2.45) is 0 Å². The molecule has 2 aromatic rings. The van der Waals surface area contributed by atoms with E-state index in [0.717, 1.165) is 27.7 Å². The number of benzene rings is 1. The van der Waals surface area contributed by atoms with Crippen LogP contribution < -0.4 is 0 Å². The first-order valence-electron chi connectivity index (χ1n) is 6.70. The number of aryl methyl sites for hydroxylation is 2. The zero-order valence-electron chi connectivity index (χ0n) is 12.5. The molecule has 1 heterocycles. The summed E-state index contributed by atoms with van der Waals surface area (Å²) in [7, 11) is -2.51. The van der Waals surface area contributed by atoms with Gasteiger partial charge in [0.15, 0.2) is 11.6 Å². The van der Waals surface area contributed by atoms with Crippen LogP contribution in [0.3, 0.4) is 0 Å². The van der Waals surface area contributed by atoms with Crippen LogP contribution in [0.2, 0.25) is 0 Å². The first kappa shape index (κ1) is 16.6. The van der Waals surface area contributed by atoms with Crippen LogP contribution in [0.25, 0.3) is 0 Å². The molecule has 0 saturated carbocycles. The smallest absolute Gasteiger partial charge is 0.243 e. The fourth-order valence-corrected chi connectivity index (χ4v) is 3.18. The molecule has 0 bridgehead atoms. The quantitative estimate of drug-likeness (QED) is 0.846. The lowest BCUT2D eigenvalue weighted by molar-refractivity contribution is 0.462. The molecule has 0 saturated heterocycles. The van der Waals surface area contributed by atoms with Gasteiger partial charge in [-0.1, -0.05) is 0 Å². The molecule has 5 nitrogen and oxygen atoms in total. The van der Waals surface area contributed by atoms with Crippen molar-refractivity contribution in [3.8, 4) is 0 Å². The Balaban J connectivity index is 2.28. The number of hydrogen-bond acceptors (Lipinski definition) is 3. The SMILES string of the molecule is CCn1cc(CN(C)S(=O)(=O)c2ccc(F)c(F)c2)c(C)n1. The highest BCUT2D eigenvalue weighted by Gasteiger charge is 2.23. The summed E-state index contributed by atoms with van der Waals surface area (Å²) in [6.07, 6.45) is 1.77. The Hall–Kier alpha value is -1.80. The molecule has 0 radical (unpaired) electrons. The van der Waals surface area contributed by atoms with E-state index in [-0.39, 0.29) is 11.4 Å². The predicted octanol–water partition coefficient (Wildman–Crippen LogP) is 2.31. The number of hydrogen-bond donors (Lipinski definition) is 0. The Labute approximate surface area is 128 Å². The van der Waals surface area contributed by atoms with Gasteiger partial charge in [-0.15, -0.1) is 0 Å². The second-order valence-corrected chi connectivity index (χ2v) is 6.98. The first-order valence-corrected chi connectivity index (χ1v) is 8.14. The Morgan fingerprint density at radius 2 is 1.95 bits per heavy atom. The van der Waals surface area contributed by atoms with Crippen LogP contribution >= 0.6 is 0 Å². The molecular formula is C14H17F2N3O2S. The maximum Gasteiger partial charge on any atom is 0.243 e. The van der Waals surface area contributed by atoms with Crippen LogP contribution in [0.1, 0.15) is 18.2 Å². The molecular weight excluding hydrogens is 312 g/mol. The third kappa shape index (κ3) is 3.17. The molecule has 0 aliphatic heterocycles. The van der Waals surface area contributed by atoms with E-state index in [9.17, 15) is 17.2 Å². The van der Waals surface area contributed by atoms with Crippen molar-refractivity contribution >= 4 is 10.0 Å². The van der Waals surface area contributed by atoms with Gasteiger partial charge in [-0.25, -0.2) is 17.2 Å². The van der Waals surface area contributed by atoms with E-state index in [1.54, 1.807) is 17.8 Å². The van der Waals surface area contributed by atoms with Gasteiger partial charge < -0.3 is 0 Å². The zero-order chi connectivity index (χ0) is 16.5. The Morgan fingerprint density at radius 3 is 2.50 bits per heavy atom. The van der Waals surface area contributed by atoms with E-state index in [1.165, 1.54) is 7.05 Å². The fraction of sp³-hybridized carbons (Fsp3) is 0.357. The standard InChI is InChI=1S/C14H17F2N3O2S/c1-4-19-9-11(10(2)17-19)8-18(3)22(20,21)12-5-6-13(15)14(16)7-12/h5-7,9H,4,8H2,1-3H3. The molecule has 8 heteroatoms. The Kier molecular flexibility index (Phi) is 4.62. The summed E-state index contributed by atoms with van der Waals surface area (Å²) in [5.74, 6) is -2.27. The summed E-state index contributed by atoms with van der Waals surface area (Å²) in [4.78, 5) is -0.283. The van der Waals surface area contributed by atoms with Gasteiger partial charge in [0, 0.05) is 31.9 Å². The molecule has 0 atom stereocenters. The lowest BCUT2D eigenvalue weighted by atomic mass is 10.3. The molecule has 0 spiro atoms. The van der Waals surface area contributed by atoms with Crippen LogP contribution in [0.5, 0.6) is 0 Å². The van der Waals surface area contributed by atoms with Gasteiger partial charge >= 0.3 is 0 Å². The summed E-state index contributed by atoms with van der Waals surface area (Å²) in [5.41, 5.74) is 1.49. The molecule has 0 aliphatic carbocycles. The summed E-state index contributed by atoms with van der Waals surface area (Å²) in [6.45, 7) is 4.51. The molecule has 0 amide bonds. The second-order valence-electron chi connectivity index (χ2n) is 4.93. The first-order chi connectivity index (χ1) is 10.3. The molecule has 0 unspecified atom stereocenters. The highest BCUT2D eigenvalue weighted by atomic mass is 32.2. The highest BCUT2D eigenvalue weighted by molar-refractivity contribution is 7.89. The van der Waals surface area contributed by atoms with Crippen LogP contribution in [-0.4, -0.2) is 29.6 Å². The zero-order valence-corrected chi connectivity index (χ0v) is 13.4. The van der Waals surface area contributed by atoms with E-state index >= 15 is 0 Å². The van der Waals surface area contributed by atoms with Gasteiger partial charge in [0.05, 0.1) is 10.6 Å². The summed E-state index contributed by atoms with van der Waals surface area (Å²) < 4.78 is 53.8. The third-order valence-electron chi connectivity index (χ3n) is 3.36. The topological polar surface area (TPSA) is 55.2 Å². The van der Waals surface area contributed by atoms with Gasteiger partial charge in [-0.2, -0.15) is 9.40 Å². The molecule has 22 heavy (non-hydrogen) atoms. The van der Waals surface area contributed by atoms with Crippen molar-refractivity contribution in [2.45, 2.75) is 31.8 Å². The van der Waals surface area contributed by atoms with Crippen molar-refractivity contribution in [3.05, 3.63) is 47.3 Å². The number of sulfonamides is 1. The largest absolute Gasteiger partial charge is 0.272 e. The number of aromatic nitrogens is 2. The second kappa shape index (κ2) is 6.13. The van der Waals surface area contributed by atoms with E-state index in [2.05, 4.69) is 5.10 Å². The predicted molar refractivity (Wildman–Crippen MR) is 77.6 cm³/mol. The van der Waals surface area contributed by atoms with Crippen molar-refractivity contribution < 1.29 is 17.2 Å². The highest BCUT2D eigenvalue weighted by Crippen LogP contribution is 2.20. The van der Waals surface area contributed by atoms with Gasteiger partial charge in [0.25, 0.3) is 0 Å². The molecule has 120 valence electrons. The monoisotopic (exact) mass is 329 g/mol. The minimum absolute atomic E-state index is 0.104. The summed E-state index contributed by atoms with van der Waals surface area (Å²) in [5, 5.41) is 4.25. The van der Waals surface area contributed by atoms with Crippen LogP contribution in [0, 0.1) is 18.6 Å². The van der Waals surface area contributed by atoms with Gasteiger partial charge in [-0.3, -0.25) is 4.68 Å². The molecule has 0 N–H and O–H groups in total. The van der Waals surface area contributed by atoms with Gasteiger partial charge in [0.1, 0.15) is 0 Å². The van der Waals surface area contributed by atoms with E-state index in [1.807, 2.05) is 6.92 Å². The average molecular weight is 329 g/mol. The van der Waals surface area contributed by atoms with Crippen LogP contribution in [0.4, 0.5) is 8.78 Å². The van der Waals surface area contributed by atoms with Crippen molar-refractivity contribution in [1.29, 1.82) is 0 Å². The average Bonchev–Trinajstić information content (AvgIpc) is 2.82.